The van der Waals surface area contributed by atoms with Crippen molar-refractivity contribution in [3.8, 4) is 5.75 Å². The summed E-state index contributed by atoms with van der Waals surface area (Å²) in [5.41, 5.74) is -0.255. The van der Waals surface area contributed by atoms with E-state index in [1.165, 1.54) is 0 Å². The van der Waals surface area contributed by atoms with Crippen LogP contribution in [0, 0.1) is 0 Å². The molecule has 0 atom stereocenters. The van der Waals surface area contributed by atoms with E-state index in [0.29, 0.717) is 0 Å². The molecule has 0 saturated carbocycles. The van der Waals surface area contributed by atoms with Gasteiger partial charge in [-0.1, -0.05) is 11.8 Å². The largest absolute Gasteiger partial charge is 0.573 e. The van der Waals surface area contributed by atoms with E-state index in [1.807, 2.05) is 0 Å². The van der Waals surface area contributed by atoms with E-state index >= 15 is 0 Å². The Bertz CT molecular complexity index is 471. The van der Waals surface area contributed by atoms with Crippen LogP contribution >= 0.6 is 11.8 Å². The lowest BCUT2D eigenvalue weighted by Crippen LogP contribution is -2.17. The van der Waals surface area contributed by atoms with Gasteiger partial charge in [-0.15, -0.1) is 13.2 Å². The van der Waals surface area contributed by atoms with Crippen molar-refractivity contribution in [2.45, 2.75) is 17.0 Å². The zero-order chi connectivity index (χ0) is 13.8. The van der Waals surface area contributed by atoms with Crippen molar-refractivity contribution in [1.82, 2.24) is 0 Å². The minimum absolute atomic E-state index is 0.00812. The first-order chi connectivity index (χ1) is 8.30. The number of halogens is 5. The summed E-state index contributed by atoms with van der Waals surface area (Å²) in [6.45, 7) is 0. The van der Waals surface area contributed by atoms with Crippen LogP contribution in [0.5, 0.6) is 5.75 Å². The summed E-state index contributed by atoms with van der Waals surface area (Å²) in [6.07, 6.45) is -3.87. The maximum Gasteiger partial charge on any atom is 0.573 e. The maximum atomic E-state index is 12.1. The molecule has 1 aromatic carbocycles. The Morgan fingerprint density at radius 1 is 1.28 bits per heavy atom. The lowest BCUT2D eigenvalue weighted by molar-refractivity contribution is -0.274. The number of rotatable bonds is 4. The van der Waals surface area contributed by atoms with E-state index in [0.717, 1.165) is 24.3 Å². The minimum atomic E-state index is -4.96. The highest BCUT2D eigenvalue weighted by molar-refractivity contribution is 7.99. The van der Waals surface area contributed by atoms with Gasteiger partial charge >= 0.3 is 6.36 Å². The van der Waals surface area contributed by atoms with Crippen molar-refractivity contribution in [3.63, 3.8) is 0 Å². The molecular weight excluding hydrogens is 281 g/mol. The summed E-state index contributed by atoms with van der Waals surface area (Å²) in [5, 5.41) is 0. The van der Waals surface area contributed by atoms with Gasteiger partial charge in [-0.2, -0.15) is 13.8 Å². The molecular formula is C9H4F5NO2S. The number of ether oxygens (including phenoxy) is 1. The molecule has 0 amide bonds. The molecule has 0 N–H and O–H groups in total. The van der Waals surface area contributed by atoms with Gasteiger partial charge in [0.1, 0.15) is 5.75 Å². The maximum absolute atomic E-state index is 12.1. The van der Waals surface area contributed by atoms with Crippen LogP contribution in [0.25, 0.3) is 0 Å². The smallest absolute Gasteiger partial charge is 0.406 e. The van der Waals surface area contributed by atoms with Crippen molar-refractivity contribution in [2.24, 2.45) is 4.99 Å². The Hall–Kier alpha value is -1.60. The molecule has 9 heteroatoms. The molecule has 0 aliphatic heterocycles. The van der Waals surface area contributed by atoms with Crippen LogP contribution in [0.15, 0.2) is 28.1 Å². The molecule has 0 spiro atoms. The number of carbonyl (C=O) groups excluding carboxylic acids is 1. The minimum Gasteiger partial charge on any atom is -0.406 e. The monoisotopic (exact) mass is 285 g/mol. The van der Waals surface area contributed by atoms with E-state index in [9.17, 15) is 26.7 Å². The quantitative estimate of drug-likeness (QED) is 0.365. The van der Waals surface area contributed by atoms with Crippen LogP contribution in [0.1, 0.15) is 0 Å². The van der Waals surface area contributed by atoms with Crippen LogP contribution in [0.3, 0.4) is 0 Å². The van der Waals surface area contributed by atoms with Gasteiger partial charge in [0.15, 0.2) is 0 Å². The van der Waals surface area contributed by atoms with Crippen LogP contribution < -0.4 is 4.74 Å². The zero-order valence-corrected chi connectivity index (χ0v) is 9.19. The van der Waals surface area contributed by atoms with Gasteiger partial charge in [-0.25, -0.2) is 4.79 Å². The van der Waals surface area contributed by atoms with Gasteiger partial charge in [0.25, 0.3) is 5.76 Å². The molecule has 1 rings (SSSR count). The Morgan fingerprint density at radius 2 is 1.94 bits per heavy atom. The second-order valence-electron chi connectivity index (χ2n) is 2.79. The predicted octanol–water partition coefficient (Wildman–Crippen LogP) is 3.87. The molecule has 0 saturated heterocycles. The molecule has 18 heavy (non-hydrogen) atoms. The van der Waals surface area contributed by atoms with E-state index in [-0.39, 0.29) is 22.3 Å². The summed E-state index contributed by atoms with van der Waals surface area (Å²) < 4.78 is 63.7. The zero-order valence-electron chi connectivity index (χ0n) is 8.37. The lowest BCUT2D eigenvalue weighted by Gasteiger charge is -2.10. The summed E-state index contributed by atoms with van der Waals surface area (Å²) >= 11 is 0.00812. The van der Waals surface area contributed by atoms with E-state index in [1.54, 1.807) is 0 Å². The van der Waals surface area contributed by atoms with Crippen LogP contribution in [0.4, 0.5) is 27.6 Å². The van der Waals surface area contributed by atoms with Gasteiger partial charge in [-0.05, 0) is 12.1 Å². The van der Waals surface area contributed by atoms with Gasteiger partial charge in [0.2, 0.25) is 6.08 Å². The third kappa shape index (κ3) is 5.15. The fourth-order valence-electron chi connectivity index (χ4n) is 1.04. The fraction of sp³-hybridized carbons (Fsp3) is 0.222. The van der Waals surface area contributed by atoms with Crippen LogP contribution in [0.2, 0.25) is 0 Å². The molecule has 3 nitrogen and oxygen atoms in total. The molecule has 0 aliphatic carbocycles. The first kappa shape index (κ1) is 14.5. The highest BCUT2D eigenvalue weighted by Crippen LogP contribution is 2.34. The number of nitrogens with zero attached hydrogens (tertiary/aromatic N) is 1. The van der Waals surface area contributed by atoms with Crippen molar-refractivity contribution < 1.29 is 31.5 Å². The molecule has 0 unspecified atom stereocenters. The van der Waals surface area contributed by atoms with Gasteiger partial charge in [0, 0.05) is 11.0 Å². The molecule has 1 aromatic rings. The number of alkyl halides is 5. The molecule has 0 bridgehead atoms. The number of benzene rings is 1. The average molecular weight is 285 g/mol. The van der Waals surface area contributed by atoms with E-state index in [2.05, 4.69) is 9.73 Å². The van der Waals surface area contributed by atoms with Crippen molar-refractivity contribution in [2.75, 3.05) is 0 Å². The average Bonchev–Trinajstić information content (AvgIpc) is 2.12. The van der Waals surface area contributed by atoms with E-state index < -0.39 is 17.9 Å². The number of hydrogen-bond acceptors (Lipinski definition) is 4. The topological polar surface area (TPSA) is 38.7 Å². The Kier molecular flexibility index (Phi) is 4.69. The first-order valence-electron chi connectivity index (χ1n) is 4.23. The number of isocyanates is 1. The van der Waals surface area contributed by atoms with Gasteiger partial charge in [0.05, 0.1) is 5.69 Å². The third-order valence-corrected chi connectivity index (χ3v) is 2.18. The highest BCUT2D eigenvalue weighted by Gasteiger charge is 2.31. The van der Waals surface area contributed by atoms with E-state index in [4.69, 9.17) is 0 Å². The molecule has 0 fully saturated rings. The lowest BCUT2D eigenvalue weighted by atomic mass is 10.3. The molecule has 0 aliphatic rings. The number of thioether (sulfide) groups is 1. The second-order valence-corrected chi connectivity index (χ2v) is 3.86. The predicted molar refractivity (Wildman–Crippen MR) is 52.8 cm³/mol. The first-order valence-corrected chi connectivity index (χ1v) is 5.11. The number of aliphatic imine (C=N–C) groups is 1. The van der Waals surface area contributed by atoms with Crippen molar-refractivity contribution >= 4 is 23.5 Å². The molecule has 0 aromatic heterocycles. The van der Waals surface area contributed by atoms with Gasteiger partial charge in [-0.3, -0.25) is 0 Å². The third-order valence-electron chi connectivity index (χ3n) is 1.50. The van der Waals surface area contributed by atoms with Crippen LogP contribution in [-0.2, 0) is 4.79 Å². The standard InChI is InChI=1S/C9H4F5NO2S/c10-8(11)18-7-2-5(15-4-16)1-6(3-7)17-9(12,13)14/h1-3,8H. The van der Waals surface area contributed by atoms with Crippen molar-refractivity contribution in [3.05, 3.63) is 18.2 Å². The van der Waals surface area contributed by atoms with Gasteiger partial charge < -0.3 is 4.74 Å². The fourth-order valence-corrected chi connectivity index (χ4v) is 1.62. The summed E-state index contributed by atoms with van der Waals surface area (Å²) in [5.74, 6) is -3.55. The highest BCUT2D eigenvalue weighted by atomic mass is 32.2. The SMILES string of the molecule is O=C=Nc1cc(OC(F)(F)F)cc(SC(F)F)c1. The Balaban J connectivity index is 3.09. The molecule has 0 radical (unpaired) electrons. The number of hydrogen-bond donors (Lipinski definition) is 0. The van der Waals surface area contributed by atoms with Crippen LogP contribution in [-0.4, -0.2) is 18.2 Å². The summed E-state index contributed by atoms with van der Waals surface area (Å²) in [6, 6.07) is 2.58. The molecule has 98 valence electrons. The Labute approximate surface area is 102 Å². The Morgan fingerprint density at radius 3 is 2.44 bits per heavy atom. The van der Waals surface area contributed by atoms with Crippen molar-refractivity contribution in [1.29, 1.82) is 0 Å². The summed E-state index contributed by atoms with van der Waals surface area (Å²) in [7, 11) is 0. The normalized spacial score (nSPS) is 11.2. The second kappa shape index (κ2) is 5.83. The summed E-state index contributed by atoms with van der Waals surface area (Å²) in [4.78, 5) is 12.8. The molecule has 0 heterocycles.